The number of aromatic nitrogens is 2. The zero-order valence-electron chi connectivity index (χ0n) is 12.0. The van der Waals surface area contributed by atoms with Gasteiger partial charge in [0.05, 0.1) is 18.5 Å². The highest BCUT2D eigenvalue weighted by atomic mass is 16.5. The highest BCUT2D eigenvalue weighted by Crippen LogP contribution is 2.28. The smallest absolute Gasteiger partial charge is 0.360 e. The lowest BCUT2D eigenvalue weighted by atomic mass is 10.2. The Balaban J connectivity index is 2.65. The average molecular weight is 274 g/mol. The first-order chi connectivity index (χ1) is 9.47. The highest BCUT2D eigenvalue weighted by molar-refractivity contribution is 5.93. The molecule has 0 bridgehead atoms. The van der Waals surface area contributed by atoms with Crippen LogP contribution in [0, 0.1) is 6.92 Å². The predicted octanol–water partition coefficient (Wildman–Crippen LogP) is 1.62. The van der Waals surface area contributed by atoms with E-state index in [4.69, 9.17) is 10.5 Å². The number of hydrogen-bond acceptors (Lipinski definition) is 5. The van der Waals surface area contributed by atoms with Crippen molar-refractivity contribution in [2.24, 2.45) is 0 Å². The molecule has 0 saturated carbocycles. The quantitative estimate of drug-likeness (QED) is 0.861. The molecule has 1 aromatic heterocycles. The maximum atomic E-state index is 11.7. The van der Waals surface area contributed by atoms with Crippen molar-refractivity contribution < 1.29 is 9.53 Å². The van der Waals surface area contributed by atoms with Crippen LogP contribution in [-0.2, 0) is 4.74 Å². The molecular formula is C14H18N4O2. The fourth-order valence-electron chi connectivity index (χ4n) is 2.13. The predicted molar refractivity (Wildman–Crippen MR) is 78.4 cm³/mol. The molecule has 0 amide bonds. The number of nitrogens with zero attached hydrogens (tertiary/aromatic N) is 3. The molecule has 6 nitrogen and oxygen atoms in total. The van der Waals surface area contributed by atoms with Crippen LogP contribution in [0.3, 0.4) is 0 Å². The largest absolute Gasteiger partial charge is 0.464 e. The molecule has 0 unspecified atom stereocenters. The maximum absolute atomic E-state index is 11.7. The van der Waals surface area contributed by atoms with Crippen molar-refractivity contribution in [3.63, 3.8) is 0 Å². The van der Waals surface area contributed by atoms with Crippen molar-refractivity contribution in [1.82, 2.24) is 9.55 Å². The monoisotopic (exact) mass is 274 g/mol. The second-order valence-electron chi connectivity index (χ2n) is 4.60. The molecule has 1 heterocycles. The van der Waals surface area contributed by atoms with Crippen molar-refractivity contribution in [3.8, 4) is 5.69 Å². The van der Waals surface area contributed by atoms with E-state index in [2.05, 4.69) is 4.98 Å². The van der Waals surface area contributed by atoms with Crippen molar-refractivity contribution in [3.05, 3.63) is 35.8 Å². The molecule has 20 heavy (non-hydrogen) atoms. The molecule has 0 aliphatic rings. The number of para-hydroxylation sites is 2. The molecule has 0 saturated heterocycles. The van der Waals surface area contributed by atoms with Crippen LogP contribution in [0.5, 0.6) is 0 Å². The number of carbonyl (C=O) groups is 1. The minimum atomic E-state index is -0.535. The van der Waals surface area contributed by atoms with Gasteiger partial charge in [0.15, 0.2) is 5.69 Å². The number of methoxy groups -OCH3 is 1. The van der Waals surface area contributed by atoms with Crippen LogP contribution in [0.1, 0.15) is 16.3 Å². The first-order valence-corrected chi connectivity index (χ1v) is 6.17. The number of nitrogen functional groups attached to an aromatic ring is 1. The van der Waals surface area contributed by atoms with E-state index in [1.807, 2.05) is 43.3 Å². The SMILES string of the molecule is COC(=O)c1nc(C)n(-c2ccccc2N(C)C)c1N. The Hall–Kier alpha value is -2.50. The van der Waals surface area contributed by atoms with Crippen LogP contribution in [0.2, 0.25) is 0 Å². The van der Waals surface area contributed by atoms with Gasteiger partial charge in [-0.2, -0.15) is 0 Å². The number of nitrogens with two attached hydrogens (primary N) is 1. The van der Waals surface area contributed by atoms with Gasteiger partial charge in [-0.15, -0.1) is 0 Å². The Labute approximate surface area is 117 Å². The number of imidazole rings is 1. The Kier molecular flexibility index (Phi) is 3.65. The van der Waals surface area contributed by atoms with Crippen LogP contribution < -0.4 is 10.6 Å². The van der Waals surface area contributed by atoms with Gasteiger partial charge in [0.1, 0.15) is 11.6 Å². The summed E-state index contributed by atoms with van der Waals surface area (Å²) >= 11 is 0. The Morgan fingerprint density at radius 1 is 1.35 bits per heavy atom. The standard InChI is InChI=1S/C14H18N4O2/c1-9-16-12(14(19)20-4)13(15)18(9)11-8-6-5-7-10(11)17(2)3/h5-8H,15H2,1-4H3. The molecule has 0 radical (unpaired) electrons. The van der Waals surface area contributed by atoms with Gasteiger partial charge in [-0.25, -0.2) is 9.78 Å². The summed E-state index contributed by atoms with van der Waals surface area (Å²) in [5, 5.41) is 0. The van der Waals surface area contributed by atoms with Gasteiger partial charge in [0, 0.05) is 14.1 Å². The van der Waals surface area contributed by atoms with Gasteiger partial charge in [-0.3, -0.25) is 4.57 Å². The maximum Gasteiger partial charge on any atom is 0.360 e. The van der Waals surface area contributed by atoms with Gasteiger partial charge in [0.25, 0.3) is 0 Å². The zero-order valence-corrected chi connectivity index (χ0v) is 12.0. The van der Waals surface area contributed by atoms with Gasteiger partial charge < -0.3 is 15.4 Å². The zero-order chi connectivity index (χ0) is 14.9. The topological polar surface area (TPSA) is 73.4 Å². The molecule has 2 aromatic rings. The number of aryl methyl sites for hydroxylation is 1. The van der Waals surface area contributed by atoms with Gasteiger partial charge in [0.2, 0.25) is 0 Å². The second-order valence-corrected chi connectivity index (χ2v) is 4.60. The van der Waals surface area contributed by atoms with E-state index >= 15 is 0 Å². The first kappa shape index (κ1) is 13.9. The fourth-order valence-corrected chi connectivity index (χ4v) is 2.13. The molecule has 1 aromatic carbocycles. The lowest BCUT2D eigenvalue weighted by Crippen LogP contribution is -2.14. The van der Waals surface area contributed by atoms with E-state index in [0.29, 0.717) is 5.82 Å². The van der Waals surface area contributed by atoms with Crippen molar-refractivity contribution >= 4 is 17.5 Å². The van der Waals surface area contributed by atoms with Crippen LogP contribution >= 0.6 is 0 Å². The summed E-state index contributed by atoms with van der Waals surface area (Å²) < 4.78 is 6.45. The molecular weight excluding hydrogens is 256 g/mol. The van der Waals surface area contributed by atoms with E-state index in [-0.39, 0.29) is 11.5 Å². The van der Waals surface area contributed by atoms with E-state index in [1.54, 1.807) is 11.5 Å². The summed E-state index contributed by atoms with van der Waals surface area (Å²) in [6.07, 6.45) is 0. The van der Waals surface area contributed by atoms with Crippen LogP contribution in [-0.4, -0.2) is 36.7 Å². The fraction of sp³-hybridized carbons (Fsp3) is 0.286. The van der Waals surface area contributed by atoms with Crippen molar-refractivity contribution in [2.75, 3.05) is 31.8 Å². The minimum Gasteiger partial charge on any atom is -0.464 e. The van der Waals surface area contributed by atoms with Crippen molar-refractivity contribution in [2.45, 2.75) is 6.92 Å². The number of anilines is 2. The van der Waals surface area contributed by atoms with E-state index in [0.717, 1.165) is 11.4 Å². The van der Waals surface area contributed by atoms with Crippen LogP contribution in [0.15, 0.2) is 24.3 Å². The van der Waals surface area contributed by atoms with Gasteiger partial charge >= 0.3 is 5.97 Å². The lowest BCUT2D eigenvalue weighted by Gasteiger charge is -2.19. The normalized spacial score (nSPS) is 10.4. The van der Waals surface area contributed by atoms with E-state index < -0.39 is 5.97 Å². The minimum absolute atomic E-state index is 0.138. The number of rotatable bonds is 3. The molecule has 2 N–H and O–H groups in total. The number of esters is 1. The number of benzene rings is 1. The third kappa shape index (κ3) is 2.20. The van der Waals surface area contributed by atoms with E-state index in [9.17, 15) is 4.79 Å². The molecule has 0 aliphatic heterocycles. The lowest BCUT2D eigenvalue weighted by molar-refractivity contribution is 0.0596. The second kappa shape index (κ2) is 5.24. The van der Waals surface area contributed by atoms with Gasteiger partial charge in [-0.1, -0.05) is 12.1 Å². The molecule has 6 heteroatoms. The molecule has 0 aliphatic carbocycles. The number of carbonyl (C=O) groups excluding carboxylic acids is 1. The average Bonchev–Trinajstić information content (AvgIpc) is 2.73. The molecule has 2 rings (SSSR count). The molecule has 0 fully saturated rings. The third-order valence-electron chi connectivity index (χ3n) is 3.06. The first-order valence-electron chi connectivity index (χ1n) is 6.17. The summed E-state index contributed by atoms with van der Waals surface area (Å²) in [7, 11) is 5.20. The number of hydrogen-bond donors (Lipinski definition) is 1. The molecule has 0 spiro atoms. The summed E-state index contributed by atoms with van der Waals surface area (Å²) in [4.78, 5) is 17.8. The van der Waals surface area contributed by atoms with Crippen molar-refractivity contribution in [1.29, 1.82) is 0 Å². The summed E-state index contributed by atoms with van der Waals surface area (Å²) in [5.41, 5.74) is 8.05. The van der Waals surface area contributed by atoms with Crippen LogP contribution in [0.25, 0.3) is 5.69 Å². The Morgan fingerprint density at radius 3 is 2.60 bits per heavy atom. The van der Waals surface area contributed by atoms with Gasteiger partial charge in [-0.05, 0) is 19.1 Å². The van der Waals surface area contributed by atoms with E-state index in [1.165, 1.54) is 7.11 Å². The third-order valence-corrected chi connectivity index (χ3v) is 3.06. The molecule has 106 valence electrons. The number of ether oxygens (including phenoxy) is 1. The molecule has 0 atom stereocenters. The summed E-state index contributed by atoms with van der Waals surface area (Å²) in [5.74, 6) is 0.382. The summed E-state index contributed by atoms with van der Waals surface area (Å²) in [6.45, 7) is 1.80. The highest BCUT2D eigenvalue weighted by Gasteiger charge is 2.21. The van der Waals surface area contributed by atoms with Crippen LogP contribution in [0.4, 0.5) is 11.5 Å². The Morgan fingerprint density at radius 2 is 2.00 bits per heavy atom. The summed E-state index contributed by atoms with van der Waals surface area (Å²) in [6, 6.07) is 7.77. The Bertz CT molecular complexity index is 647.